The van der Waals surface area contributed by atoms with Crippen LogP contribution in [-0.2, 0) is 5.54 Å². The van der Waals surface area contributed by atoms with Crippen LogP contribution in [0.2, 0.25) is 0 Å². The Kier molecular flexibility index (Phi) is 2.76. The van der Waals surface area contributed by atoms with Crippen molar-refractivity contribution in [3.63, 3.8) is 0 Å². The van der Waals surface area contributed by atoms with Crippen LogP contribution in [0.4, 0.5) is 0 Å². The minimum Gasteiger partial charge on any atom is -0.328 e. The van der Waals surface area contributed by atoms with E-state index in [1.54, 1.807) is 11.3 Å². The third kappa shape index (κ3) is 1.83. The maximum atomic E-state index is 6.14. The Morgan fingerprint density at radius 3 is 2.53 bits per heavy atom. The summed E-state index contributed by atoms with van der Waals surface area (Å²) in [7, 11) is 0. The van der Waals surface area contributed by atoms with E-state index in [0.29, 0.717) is 18.1 Å². The van der Waals surface area contributed by atoms with Gasteiger partial charge in [-0.05, 0) is 39.5 Å². The summed E-state index contributed by atoms with van der Waals surface area (Å²) < 4.78 is 0. The molecule has 2 saturated heterocycles. The van der Waals surface area contributed by atoms with Gasteiger partial charge in [-0.2, -0.15) is 0 Å². The lowest BCUT2D eigenvalue weighted by Gasteiger charge is -2.46. The number of hydrogen-bond donors (Lipinski definition) is 1. The second-order valence-corrected chi connectivity index (χ2v) is 6.81. The zero-order valence-electron chi connectivity index (χ0n) is 10.6. The van der Waals surface area contributed by atoms with Crippen LogP contribution < -0.4 is 5.73 Å². The summed E-state index contributed by atoms with van der Waals surface area (Å²) in [5.41, 5.74) is 6.21. The Morgan fingerprint density at radius 1 is 1.35 bits per heavy atom. The van der Waals surface area contributed by atoms with Gasteiger partial charge in [0.2, 0.25) is 0 Å². The summed E-state index contributed by atoms with van der Waals surface area (Å²) in [6, 6.07) is 1.75. The van der Waals surface area contributed by atoms with Crippen molar-refractivity contribution < 1.29 is 0 Å². The van der Waals surface area contributed by atoms with Crippen molar-refractivity contribution in [2.45, 2.75) is 63.2 Å². The number of nitrogens with two attached hydrogens (primary N) is 1. The van der Waals surface area contributed by atoms with Gasteiger partial charge in [-0.1, -0.05) is 0 Å². The average Bonchev–Trinajstić information content (AvgIpc) is 2.86. The summed E-state index contributed by atoms with van der Waals surface area (Å²) in [6.07, 6.45) is 6.86. The summed E-state index contributed by atoms with van der Waals surface area (Å²) in [5, 5.41) is 3.32. The van der Waals surface area contributed by atoms with Gasteiger partial charge in [0.1, 0.15) is 5.01 Å². The summed E-state index contributed by atoms with van der Waals surface area (Å²) in [5.74, 6) is 0. The smallest absolute Gasteiger partial charge is 0.112 e. The lowest BCUT2D eigenvalue weighted by atomic mass is 9.91. The van der Waals surface area contributed by atoms with Crippen LogP contribution in [0.25, 0.3) is 0 Å². The molecule has 0 spiro atoms. The average molecular weight is 251 g/mol. The SMILES string of the molecule is CC(C)(c1nccs1)N1C2CCC1CC(N)C2. The van der Waals surface area contributed by atoms with Crippen LogP contribution in [0.5, 0.6) is 0 Å². The standard InChI is InChI=1S/C13H21N3S/c1-13(2,12-15-5-6-17-12)16-10-3-4-11(16)8-9(14)7-10/h5-6,9-11H,3-4,7-8,14H2,1-2H3. The molecule has 0 saturated carbocycles. The van der Waals surface area contributed by atoms with Crippen molar-refractivity contribution in [2.24, 2.45) is 5.73 Å². The van der Waals surface area contributed by atoms with E-state index in [1.807, 2.05) is 6.20 Å². The minimum atomic E-state index is 0.0696. The Balaban J connectivity index is 1.90. The fraction of sp³-hybridized carbons (Fsp3) is 0.769. The topological polar surface area (TPSA) is 42.2 Å². The molecule has 2 fully saturated rings. The van der Waals surface area contributed by atoms with Crippen molar-refractivity contribution in [1.29, 1.82) is 0 Å². The molecule has 2 aliphatic heterocycles. The van der Waals surface area contributed by atoms with Gasteiger partial charge >= 0.3 is 0 Å². The second kappa shape index (κ2) is 4.04. The molecule has 4 heteroatoms. The third-order valence-electron chi connectivity index (χ3n) is 4.37. The van der Waals surface area contributed by atoms with E-state index in [0.717, 1.165) is 12.8 Å². The molecule has 94 valence electrons. The highest BCUT2D eigenvalue weighted by atomic mass is 32.1. The van der Waals surface area contributed by atoms with E-state index in [-0.39, 0.29) is 5.54 Å². The van der Waals surface area contributed by atoms with Crippen molar-refractivity contribution in [3.8, 4) is 0 Å². The van der Waals surface area contributed by atoms with Gasteiger partial charge in [0.25, 0.3) is 0 Å². The maximum Gasteiger partial charge on any atom is 0.112 e. The molecule has 2 aliphatic rings. The molecule has 3 rings (SSSR count). The molecule has 2 atom stereocenters. The molecule has 3 heterocycles. The highest BCUT2D eigenvalue weighted by Gasteiger charge is 2.47. The largest absolute Gasteiger partial charge is 0.328 e. The Morgan fingerprint density at radius 2 is 2.00 bits per heavy atom. The van der Waals surface area contributed by atoms with Crippen molar-refractivity contribution in [2.75, 3.05) is 0 Å². The van der Waals surface area contributed by atoms with Gasteiger partial charge in [0.15, 0.2) is 0 Å². The number of piperidine rings is 1. The van der Waals surface area contributed by atoms with Crippen LogP contribution in [-0.4, -0.2) is 28.0 Å². The second-order valence-electron chi connectivity index (χ2n) is 5.92. The van der Waals surface area contributed by atoms with Crippen LogP contribution in [0, 0.1) is 0 Å². The van der Waals surface area contributed by atoms with Gasteiger partial charge < -0.3 is 5.73 Å². The Hall–Kier alpha value is -0.450. The lowest BCUT2D eigenvalue weighted by Crippen LogP contribution is -2.55. The zero-order valence-corrected chi connectivity index (χ0v) is 11.4. The van der Waals surface area contributed by atoms with Gasteiger partial charge in [-0.25, -0.2) is 4.98 Å². The van der Waals surface area contributed by atoms with E-state index in [9.17, 15) is 0 Å². The predicted octanol–water partition coefficient (Wildman–Crippen LogP) is 2.33. The first kappa shape index (κ1) is 11.6. The van der Waals surface area contributed by atoms with Crippen molar-refractivity contribution in [3.05, 3.63) is 16.6 Å². The molecular weight excluding hydrogens is 230 g/mol. The summed E-state index contributed by atoms with van der Waals surface area (Å²) >= 11 is 1.77. The van der Waals surface area contributed by atoms with E-state index < -0.39 is 0 Å². The number of aromatic nitrogens is 1. The first-order valence-corrected chi connectivity index (χ1v) is 7.41. The van der Waals surface area contributed by atoms with Crippen LogP contribution in [0.15, 0.2) is 11.6 Å². The molecule has 0 aromatic carbocycles. The molecular formula is C13H21N3S. The van der Waals surface area contributed by atoms with Crippen LogP contribution >= 0.6 is 11.3 Å². The number of rotatable bonds is 2. The number of nitrogens with zero attached hydrogens (tertiary/aromatic N) is 2. The van der Waals surface area contributed by atoms with E-state index >= 15 is 0 Å². The van der Waals surface area contributed by atoms with Crippen molar-refractivity contribution >= 4 is 11.3 Å². The molecule has 2 N–H and O–H groups in total. The van der Waals surface area contributed by atoms with Crippen LogP contribution in [0.3, 0.4) is 0 Å². The molecule has 1 aromatic heterocycles. The number of fused-ring (bicyclic) bond motifs is 2. The molecule has 0 aliphatic carbocycles. The molecule has 1 aromatic rings. The van der Waals surface area contributed by atoms with Gasteiger partial charge in [0.05, 0.1) is 5.54 Å². The lowest BCUT2D eigenvalue weighted by molar-refractivity contribution is 0.0231. The normalized spacial score (nSPS) is 34.2. The highest BCUT2D eigenvalue weighted by Crippen LogP contribution is 2.44. The van der Waals surface area contributed by atoms with E-state index in [1.165, 1.54) is 17.8 Å². The van der Waals surface area contributed by atoms with Crippen molar-refractivity contribution in [1.82, 2.24) is 9.88 Å². The minimum absolute atomic E-state index is 0.0696. The first-order chi connectivity index (χ1) is 8.09. The molecule has 0 radical (unpaired) electrons. The molecule has 3 nitrogen and oxygen atoms in total. The van der Waals surface area contributed by atoms with Crippen LogP contribution in [0.1, 0.15) is 44.5 Å². The Bertz CT molecular complexity index is 373. The molecule has 17 heavy (non-hydrogen) atoms. The molecule has 0 amide bonds. The zero-order chi connectivity index (χ0) is 12.0. The van der Waals surface area contributed by atoms with Gasteiger partial charge in [-0.15, -0.1) is 11.3 Å². The number of thiazole rings is 1. The monoisotopic (exact) mass is 251 g/mol. The van der Waals surface area contributed by atoms with Gasteiger partial charge in [-0.3, -0.25) is 4.90 Å². The van der Waals surface area contributed by atoms with Gasteiger partial charge in [0, 0.05) is 29.7 Å². The molecule has 2 unspecified atom stereocenters. The predicted molar refractivity (Wildman–Crippen MR) is 71.0 cm³/mol. The van der Waals surface area contributed by atoms with E-state index in [2.05, 4.69) is 29.1 Å². The Labute approximate surface area is 107 Å². The highest BCUT2D eigenvalue weighted by molar-refractivity contribution is 7.09. The fourth-order valence-corrected chi connectivity index (χ4v) is 4.53. The first-order valence-electron chi connectivity index (χ1n) is 6.53. The fourth-order valence-electron chi connectivity index (χ4n) is 3.77. The maximum absolute atomic E-state index is 6.14. The number of hydrogen-bond acceptors (Lipinski definition) is 4. The van der Waals surface area contributed by atoms with E-state index in [4.69, 9.17) is 5.73 Å². The summed E-state index contributed by atoms with van der Waals surface area (Å²) in [6.45, 7) is 4.63. The molecule has 2 bridgehead atoms. The third-order valence-corrected chi connectivity index (χ3v) is 5.46. The summed E-state index contributed by atoms with van der Waals surface area (Å²) in [4.78, 5) is 7.21. The quantitative estimate of drug-likeness (QED) is 0.877.